The molecular formula is C13H15F2NO2. The highest BCUT2D eigenvalue weighted by Gasteiger charge is 2.27. The van der Waals surface area contributed by atoms with Gasteiger partial charge in [0.25, 0.3) is 5.91 Å². The summed E-state index contributed by atoms with van der Waals surface area (Å²) in [4.78, 5) is 13.7. The molecule has 1 aliphatic rings. The Kier molecular flexibility index (Phi) is 3.61. The number of nitrogens with zero attached hydrogens (tertiary/aromatic N) is 1. The molecule has 0 saturated carbocycles. The lowest BCUT2D eigenvalue weighted by Crippen LogP contribution is -2.48. The Balaban J connectivity index is 2.20. The van der Waals surface area contributed by atoms with E-state index in [0.717, 1.165) is 18.2 Å². The van der Waals surface area contributed by atoms with Crippen LogP contribution in [0.1, 0.15) is 24.2 Å². The van der Waals surface area contributed by atoms with Gasteiger partial charge in [0.1, 0.15) is 11.6 Å². The van der Waals surface area contributed by atoms with Crippen molar-refractivity contribution in [3.63, 3.8) is 0 Å². The van der Waals surface area contributed by atoms with Gasteiger partial charge in [-0.05, 0) is 26.0 Å². The third-order valence-corrected chi connectivity index (χ3v) is 2.82. The minimum absolute atomic E-state index is 0.0359. The molecule has 0 aliphatic carbocycles. The average molecular weight is 255 g/mol. The van der Waals surface area contributed by atoms with E-state index in [1.54, 1.807) is 4.90 Å². The maximum Gasteiger partial charge on any atom is 0.254 e. The molecule has 3 nitrogen and oxygen atoms in total. The number of ether oxygens (including phenoxy) is 1. The molecule has 0 aromatic heterocycles. The van der Waals surface area contributed by atoms with Crippen molar-refractivity contribution in [2.24, 2.45) is 0 Å². The van der Waals surface area contributed by atoms with E-state index >= 15 is 0 Å². The van der Waals surface area contributed by atoms with Crippen LogP contribution in [0.2, 0.25) is 0 Å². The SMILES string of the molecule is C[C@H]1CN(C(=O)c2cc(F)cc(F)c2)C[C@H](C)O1. The molecule has 1 heterocycles. The first-order valence-corrected chi connectivity index (χ1v) is 5.86. The number of hydrogen-bond donors (Lipinski definition) is 0. The van der Waals surface area contributed by atoms with Crippen LogP contribution in [0.4, 0.5) is 8.78 Å². The van der Waals surface area contributed by atoms with Gasteiger partial charge in [-0.15, -0.1) is 0 Å². The van der Waals surface area contributed by atoms with E-state index in [4.69, 9.17) is 4.74 Å². The number of rotatable bonds is 1. The number of morpholine rings is 1. The van der Waals surface area contributed by atoms with Crippen LogP contribution in [0.25, 0.3) is 0 Å². The van der Waals surface area contributed by atoms with Crippen LogP contribution in [0.3, 0.4) is 0 Å². The lowest BCUT2D eigenvalue weighted by molar-refractivity contribution is -0.0586. The summed E-state index contributed by atoms with van der Waals surface area (Å²) < 4.78 is 31.7. The van der Waals surface area contributed by atoms with E-state index in [1.807, 2.05) is 13.8 Å². The predicted octanol–water partition coefficient (Wildman–Crippen LogP) is 2.21. The highest BCUT2D eigenvalue weighted by molar-refractivity contribution is 5.94. The maximum absolute atomic E-state index is 13.1. The second-order valence-electron chi connectivity index (χ2n) is 4.63. The first-order chi connectivity index (χ1) is 8.45. The largest absolute Gasteiger partial charge is 0.372 e. The Hall–Kier alpha value is -1.49. The number of halogens is 2. The van der Waals surface area contributed by atoms with Crippen LogP contribution < -0.4 is 0 Å². The minimum Gasteiger partial charge on any atom is -0.372 e. The Labute approximate surface area is 104 Å². The van der Waals surface area contributed by atoms with Gasteiger partial charge in [0.2, 0.25) is 0 Å². The normalized spacial score (nSPS) is 24.1. The van der Waals surface area contributed by atoms with E-state index in [0.29, 0.717) is 13.1 Å². The molecule has 2 atom stereocenters. The summed E-state index contributed by atoms with van der Waals surface area (Å²) in [7, 11) is 0. The molecule has 1 fully saturated rings. The lowest BCUT2D eigenvalue weighted by Gasteiger charge is -2.35. The molecule has 0 bridgehead atoms. The van der Waals surface area contributed by atoms with Gasteiger partial charge < -0.3 is 9.64 Å². The summed E-state index contributed by atoms with van der Waals surface area (Å²) in [6, 6.07) is 2.85. The van der Waals surface area contributed by atoms with Crippen molar-refractivity contribution in [2.75, 3.05) is 13.1 Å². The van der Waals surface area contributed by atoms with Crippen molar-refractivity contribution in [1.82, 2.24) is 4.90 Å². The monoisotopic (exact) mass is 255 g/mol. The zero-order valence-electron chi connectivity index (χ0n) is 10.3. The Morgan fingerprint density at radius 2 is 1.67 bits per heavy atom. The van der Waals surface area contributed by atoms with Gasteiger partial charge in [0.05, 0.1) is 12.2 Å². The number of hydrogen-bond acceptors (Lipinski definition) is 2. The van der Waals surface area contributed by atoms with Gasteiger partial charge in [0.15, 0.2) is 0 Å². The smallest absolute Gasteiger partial charge is 0.254 e. The number of carbonyl (C=O) groups excluding carboxylic acids is 1. The predicted molar refractivity (Wildman–Crippen MR) is 62.3 cm³/mol. The quantitative estimate of drug-likeness (QED) is 0.770. The molecule has 1 aromatic rings. The molecule has 1 aromatic carbocycles. The van der Waals surface area contributed by atoms with Crippen LogP contribution in [0, 0.1) is 11.6 Å². The maximum atomic E-state index is 13.1. The Bertz CT molecular complexity index is 434. The molecule has 0 unspecified atom stereocenters. The third kappa shape index (κ3) is 2.85. The first kappa shape index (κ1) is 13.0. The summed E-state index contributed by atoms with van der Waals surface area (Å²) in [5.41, 5.74) is 0.0359. The molecule has 1 amide bonds. The highest BCUT2D eigenvalue weighted by atomic mass is 19.1. The van der Waals surface area contributed by atoms with Gasteiger partial charge in [0, 0.05) is 24.7 Å². The van der Waals surface area contributed by atoms with Gasteiger partial charge in [-0.2, -0.15) is 0 Å². The van der Waals surface area contributed by atoms with Crippen molar-refractivity contribution >= 4 is 5.91 Å². The lowest BCUT2D eigenvalue weighted by atomic mass is 10.1. The zero-order chi connectivity index (χ0) is 13.3. The molecule has 18 heavy (non-hydrogen) atoms. The summed E-state index contributed by atoms with van der Waals surface area (Å²) >= 11 is 0. The van der Waals surface area contributed by atoms with Crippen molar-refractivity contribution in [1.29, 1.82) is 0 Å². The van der Waals surface area contributed by atoms with E-state index in [1.165, 1.54) is 0 Å². The van der Waals surface area contributed by atoms with Crippen LogP contribution in [-0.2, 0) is 4.74 Å². The molecule has 0 spiro atoms. The second-order valence-corrected chi connectivity index (χ2v) is 4.63. The molecule has 2 rings (SSSR count). The van der Waals surface area contributed by atoms with Crippen molar-refractivity contribution in [3.05, 3.63) is 35.4 Å². The fraction of sp³-hybridized carbons (Fsp3) is 0.462. The Morgan fingerprint density at radius 3 is 2.17 bits per heavy atom. The van der Waals surface area contributed by atoms with Crippen LogP contribution in [0.15, 0.2) is 18.2 Å². The van der Waals surface area contributed by atoms with E-state index in [-0.39, 0.29) is 23.7 Å². The van der Waals surface area contributed by atoms with Gasteiger partial charge in [-0.1, -0.05) is 0 Å². The fourth-order valence-electron chi connectivity index (χ4n) is 2.20. The van der Waals surface area contributed by atoms with E-state index in [9.17, 15) is 13.6 Å². The minimum atomic E-state index is -0.743. The summed E-state index contributed by atoms with van der Waals surface area (Å²) in [5, 5.41) is 0. The number of benzene rings is 1. The second kappa shape index (κ2) is 5.02. The zero-order valence-corrected chi connectivity index (χ0v) is 10.3. The van der Waals surface area contributed by atoms with E-state index in [2.05, 4.69) is 0 Å². The summed E-state index contributed by atoms with van der Waals surface area (Å²) in [5.74, 6) is -1.85. The number of carbonyl (C=O) groups is 1. The van der Waals surface area contributed by atoms with Crippen molar-refractivity contribution in [2.45, 2.75) is 26.1 Å². The summed E-state index contributed by atoms with van der Waals surface area (Å²) in [6.07, 6.45) is -0.146. The van der Waals surface area contributed by atoms with E-state index < -0.39 is 11.6 Å². The van der Waals surface area contributed by atoms with Crippen molar-refractivity contribution < 1.29 is 18.3 Å². The third-order valence-electron chi connectivity index (χ3n) is 2.82. The van der Waals surface area contributed by atoms with Crippen LogP contribution in [-0.4, -0.2) is 36.1 Å². The molecule has 98 valence electrons. The van der Waals surface area contributed by atoms with Crippen LogP contribution in [0.5, 0.6) is 0 Å². The van der Waals surface area contributed by atoms with Crippen molar-refractivity contribution in [3.8, 4) is 0 Å². The molecule has 0 radical (unpaired) electrons. The molecule has 1 saturated heterocycles. The van der Waals surface area contributed by atoms with Gasteiger partial charge in [-0.3, -0.25) is 4.79 Å². The average Bonchev–Trinajstić information content (AvgIpc) is 2.25. The van der Waals surface area contributed by atoms with Gasteiger partial charge >= 0.3 is 0 Å². The fourth-order valence-corrected chi connectivity index (χ4v) is 2.20. The first-order valence-electron chi connectivity index (χ1n) is 5.86. The topological polar surface area (TPSA) is 29.5 Å². The summed E-state index contributed by atoms with van der Waals surface area (Å²) in [6.45, 7) is 4.59. The highest BCUT2D eigenvalue weighted by Crippen LogP contribution is 2.16. The molecular weight excluding hydrogens is 240 g/mol. The molecule has 0 N–H and O–H groups in total. The molecule has 1 aliphatic heterocycles. The Morgan fingerprint density at radius 1 is 1.17 bits per heavy atom. The standard InChI is InChI=1S/C13H15F2NO2/c1-8-6-16(7-9(2)18-8)13(17)10-3-11(14)5-12(15)4-10/h3-5,8-9H,6-7H2,1-2H3/t8-,9-/m0/s1. The van der Waals surface area contributed by atoms with Crippen LogP contribution >= 0.6 is 0 Å². The van der Waals surface area contributed by atoms with Gasteiger partial charge in [-0.25, -0.2) is 8.78 Å². The molecule has 5 heteroatoms. The number of amides is 1.